The van der Waals surface area contributed by atoms with Crippen molar-refractivity contribution in [2.45, 2.75) is 38.5 Å². The predicted octanol–water partition coefficient (Wildman–Crippen LogP) is 4.34. The normalized spacial score (nSPS) is 13.2. The maximum Gasteiger partial charge on any atom is 0.144 e. The minimum Gasteiger partial charge on any atom is -0.489 e. The second-order valence-corrected chi connectivity index (χ2v) is 8.21. The van der Waals surface area contributed by atoms with Gasteiger partial charge in [-0.05, 0) is 44.0 Å². The molecule has 0 saturated carbocycles. The highest BCUT2D eigenvalue weighted by atomic mass is 32.2. The lowest BCUT2D eigenvalue weighted by atomic mass is 10.1. The van der Waals surface area contributed by atoms with E-state index in [0.717, 1.165) is 16.9 Å². The lowest BCUT2D eigenvalue weighted by molar-refractivity contribution is 0.306. The molecule has 3 nitrogen and oxygen atoms in total. The highest BCUT2D eigenvalue weighted by Gasteiger charge is 2.17. The molecule has 2 aromatic rings. The van der Waals surface area contributed by atoms with Gasteiger partial charge in [-0.15, -0.1) is 0 Å². The highest BCUT2D eigenvalue weighted by Crippen LogP contribution is 2.16. The van der Waals surface area contributed by atoms with Crippen LogP contribution in [0.3, 0.4) is 0 Å². The van der Waals surface area contributed by atoms with E-state index in [9.17, 15) is 4.21 Å². The molecule has 0 N–H and O–H groups in total. The zero-order valence-corrected chi connectivity index (χ0v) is 14.7. The first kappa shape index (κ1) is 17.4. The molecule has 0 bridgehead atoms. The molecule has 0 amide bonds. The number of benzene rings is 2. The Morgan fingerprint density at radius 2 is 1.74 bits per heavy atom. The number of hydrogen-bond donors (Lipinski definition) is 0. The Kier molecular flexibility index (Phi) is 6.11. The van der Waals surface area contributed by atoms with Gasteiger partial charge in [0.15, 0.2) is 0 Å². The van der Waals surface area contributed by atoms with Crippen molar-refractivity contribution in [1.29, 1.82) is 0 Å². The third-order valence-corrected chi connectivity index (χ3v) is 4.56. The average Bonchev–Trinajstić information content (AvgIpc) is 2.53. The van der Waals surface area contributed by atoms with Crippen molar-refractivity contribution in [2.75, 3.05) is 0 Å². The molecular formula is C19H23NO2S. The minimum absolute atomic E-state index is 0.322. The Balaban J connectivity index is 1.92. The molecular weight excluding hydrogens is 306 g/mol. The number of ether oxygens (including phenoxy) is 1. The molecule has 2 aromatic carbocycles. The first-order valence-electron chi connectivity index (χ1n) is 7.65. The van der Waals surface area contributed by atoms with Crippen LogP contribution in [0.4, 0.5) is 0 Å². The van der Waals surface area contributed by atoms with Crippen LogP contribution in [0.15, 0.2) is 59.0 Å². The van der Waals surface area contributed by atoms with Crippen LogP contribution in [0.25, 0.3) is 0 Å². The smallest absolute Gasteiger partial charge is 0.144 e. The molecule has 0 aliphatic carbocycles. The third kappa shape index (κ3) is 5.99. The molecule has 0 aliphatic heterocycles. The van der Waals surface area contributed by atoms with Gasteiger partial charge in [0.05, 0.1) is 4.75 Å². The van der Waals surface area contributed by atoms with Crippen molar-refractivity contribution in [3.05, 3.63) is 65.7 Å². The summed E-state index contributed by atoms with van der Waals surface area (Å²) in [5, 5.41) is 0. The molecule has 0 saturated heterocycles. The summed E-state index contributed by atoms with van der Waals surface area (Å²) < 4.78 is 21.5. The van der Waals surface area contributed by atoms with Gasteiger partial charge in [0.25, 0.3) is 0 Å². The largest absolute Gasteiger partial charge is 0.489 e. The van der Waals surface area contributed by atoms with E-state index in [-0.39, 0.29) is 4.75 Å². The number of rotatable bonds is 6. The Hall–Kier alpha value is -1.94. The summed E-state index contributed by atoms with van der Waals surface area (Å²) in [6.07, 6.45) is 2.36. The standard InChI is InChI=1S/C19H23NO2S/c1-19(2,3)23(21)20-13-12-16-10-7-11-18(14-16)22-15-17-8-5-4-6-9-17/h4-11,13-14H,12,15H2,1-3H3. The number of hydrogen-bond acceptors (Lipinski definition) is 2. The maximum atomic E-state index is 11.9. The van der Waals surface area contributed by atoms with Crippen molar-refractivity contribution >= 4 is 17.2 Å². The summed E-state index contributed by atoms with van der Waals surface area (Å²) in [6, 6.07) is 18.0. The highest BCUT2D eigenvalue weighted by molar-refractivity contribution is 7.85. The van der Waals surface area contributed by atoms with Crippen LogP contribution in [-0.4, -0.2) is 15.2 Å². The topological polar surface area (TPSA) is 38.7 Å². The van der Waals surface area contributed by atoms with Crippen LogP contribution in [0, 0.1) is 0 Å². The fourth-order valence-electron chi connectivity index (χ4n) is 1.87. The van der Waals surface area contributed by atoms with Crippen molar-refractivity contribution in [3.8, 4) is 5.75 Å². The average molecular weight is 329 g/mol. The monoisotopic (exact) mass is 329 g/mol. The molecule has 1 unspecified atom stereocenters. The first-order valence-corrected chi connectivity index (χ1v) is 8.76. The fourth-order valence-corrected chi connectivity index (χ4v) is 2.40. The molecule has 122 valence electrons. The molecule has 1 atom stereocenters. The van der Waals surface area contributed by atoms with Crippen LogP contribution < -0.4 is 4.74 Å². The summed E-state index contributed by atoms with van der Waals surface area (Å²) in [6.45, 7) is 6.29. The quantitative estimate of drug-likeness (QED) is 0.739. The second-order valence-electron chi connectivity index (χ2n) is 6.28. The van der Waals surface area contributed by atoms with E-state index < -0.39 is 11.0 Å². The fraction of sp³-hybridized carbons (Fsp3) is 0.316. The van der Waals surface area contributed by atoms with E-state index >= 15 is 0 Å². The molecule has 0 aliphatic rings. The molecule has 0 heterocycles. The van der Waals surface area contributed by atoms with Crippen molar-refractivity contribution in [1.82, 2.24) is 0 Å². The van der Waals surface area contributed by atoms with Gasteiger partial charge in [-0.1, -0.05) is 42.5 Å². The maximum absolute atomic E-state index is 11.9. The minimum atomic E-state index is -1.21. The van der Waals surface area contributed by atoms with Crippen LogP contribution in [0.2, 0.25) is 0 Å². The van der Waals surface area contributed by atoms with Gasteiger partial charge >= 0.3 is 0 Å². The van der Waals surface area contributed by atoms with Gasteiger partial charge in [0.2, 0.25) is 0 Å². The predicted molar refractivity (Wildman–Crippen MR) is 97.3 cm³/mol. The number of nitrogens with zero attached hydrogens (tertiary/aromatic N) is 1. The summed E-state index contributed by atoms with van der Waals surface area (Å²) in [5.41, 5.74) is 2.23. The Bertz CT molecular complexity index is 675. The molecule has 2 rings (SSSR count). The van der Waals surface area contributed by atoms with E-state index in [4.69, 9.17) is 4.74 Å². The van der Waals surface area contributed by atoms with Crippen LogP contribution in [-0.2, 0) is 24.0 Å². The van der Waals surface area contributed by atoms with E-state index in [0.29, 0.717) is 13.0 Å². The lowest BCUT2D eigenvalue weighted by Crippen LogP contribution is -2.19. The molecule has 0 radical (unpaired) electrons. The summed E-state index contributed by atoms with van der Waals surface area (Å²) in [7, 11) is -1.21. The molecule has 23 heavy (non-hydrogen) atoms. The summed E-state index contributed by atoms with van der Waals surface area (Å²) >= 11 is 0. The van der Waals surface area contributed by atoms with Gasteiger partial charge in [0.1, 0.15) is 23.3 Å². The van der Waals surface area contributed by atoms with Crippen molar-refractivity contribution in [2.24, 2.45) is 4.40 Å². The summed E-state index contributed by atoms with van der Waals surface area (Å²) in [5.74, 6) is 0.830. The SMILES string of the molecule is CC(C)(C)S(=O)N=CCc1cccc(OCc2ccccc2)c1. The molecule has 0 aromatic heterocycles. The Morgan fingerprint density at radius 1 is 1.04 bits per heavy atom. The molecule has 0 fully saturated rings. The Labute approximate surface area is 141 Å². The van der Waals surface area contributed by atoms with Crippen LogP contribution in [0.5, 0.6) is 5.75 Å². The van der Waals surface area contributed by atoms with Gasteiger partial charge in [-0.25, -0.2) is 4.21 Å². The lowest BCUT2D eigenvalue weighted by Gasteiger charge is -2.12. The molecule has 0 spiro atoms. The van der Waals surface area contributed by atoms with Crippen molar-refractivity contribution in [3.63, 3.8) is 0 Å². The van der Waals surface area contributed by atoms with Gasteiger partial charge < -0.3 is 4.74 Å². The van der Waals surface area contributed by atoms with Gasteiger partial charge in [-0.2, -0.15) is 4.40 Å². The third-order valence-electron chi connectivity index (χ3n) is 3.17. The van der Waals surface area contributed by atoms with E-state index in [1.54, 1.807) is 6.21 Å². The zero-order valence-electron chi connectivity index (χ0n) is 13.9. The summed E-state index contributed by atoms with van der Waals surface area (Å²) in [4.78, 5) is 0. The Morgan fingerprint density at radius 3 is 2.43 bits per heavy atom. The van der Waals surface area contributed by atoms with E-state index in [2.05, 4.69) is 4.40 Å². The van der Waals surface area contributed by atoms with Gasteiger partial charge in [0, 0.05) is 12.6 Å². The zero-order chi connectivity index (χ0) is 16.7. The van der Waals surface area contributed by atoms with E-state index in [1.807, 2.05) is 75.4 Å². The van der Waals surface area contributed by atoms with Crippen LogP contribution in [0.1, 0.15) is 31.9 Å². The first-order chi connectivity index (χ1) is 10.9. The van der Waals surface area contributed by atoms with Crippen LogP contribution >= 0.6 is 0 Å². The second kappa shape index (κ2) is 8.06. The van der Waals surface area contributed by atoms with E-state index in [1.165, 1.54) is 0 Å². The van der Waals surface area contributed by atoms with Crippen molar-refractivity contribution < 1.29 is 8.95 Å². The van der Waals surface area contributed by atoms with Gasteiger partial charge in [-0.3, -0.25) is 0 Å². The molecule has 4 heteroatoms.